The summed E-state index contributed by atoms with van der Waals surface area (Å²) in [6.45, 7) is 6.31. The van der Waals surface area contributed by atoms with Crippen LogP contribution in [0.4, 0.5) is 11.4 Å². The summed E-state index contributed by atoms with van der Waals surface area (Å²) in [5.41, 5.74) is 7.55. The van der Waals surface area contributed by atoms with Crippen molar-refractivity contribution in [3.05, 3.63) is 12.1 Å². The van der Waals surface area contributed by atoms with Gasteiger partial charge < -0.3 is 25.4 Å². The smallest absolute Gasteiger partial charge is 0.162 e. The van der Waals surface area contributed by atoms with Crippen LogP contribution in [0.3, 0.4) is 0 Å². The highest BCUT2D eigenvalue weighted by molar-refractivity contribution is 5.71. The Bertz CT molecular complexity index is 422. The number of rotatable bonds is 8. The number of benzene rings is 1. The van der Waals surface area contributed by atoms with E-state index in [2.05, 4.69) is 31.1 Å². The number of anilines is 2. The van der Waals surface area contributed by atoms with Gasteiger partial charge in [0.15, 0.2) is 11.5 Å². The van der Waals surface area contributed by atoms with Gasteiger partial charge in [-0.25, -0.2) is 0 Å². The molecule has 0 fully saturated rings. The van der Waals surface area contributed by atoms with Crippen LogP contribution in [-0.2, 0) is 0 Å². The summed E-state index contributed by atoms with van der Waals surface area (Å²) in [6, 6.07) is 4.23. The van der Waals surface area contributed by atoms with Crippen LogP contribution in [0.2, 0.25) is 0 Å². The molecular formula is C15H27N3O2. The van der Waals surface area contributed by atoms with Crippen LogP contribution in [0, 0.1) is 0 Å². The SMILES string of the molecule is COc1cc(N)c(NCCCN(C)C(C)C)cc1OC. The van der Waals surface area contributed by atoms with Crippen LogP contribution in [0.1, 0.15) is 20.3 Å². The zero-order valence-corrected chi connectivity index (χ0v) is 13.2. The van der Waals surface area contributed by atoms with Crippen LogP contribution in [0.5, 0.6) is 11.5 Å². The molecule has 0 unspecified atom stereocenters. The summed E-state index contributed by atoms with van der Waals surface area (Å²) in [5, 5.41) is 3.35. The number of methoxy groups -OCH3 is 2. The summed E-state index contributed by atoms with van der Waals surface area (Å²) >= 11 is 0. The second-order valence-electron chi connectivity index (χ2n) is 5.15. The van der Waals surface area contributed by atoms with Crippen LogP contribution >= 0.6 is 0 Å². The molecule has 0 atom stereocenters. The van der Waals surface area contributed by atoms with E-state index in [-0.39, 0.29) is 0 Å². The number of hydrogen-bond acceptors (Lipinski definition) is 5. The van der Waals surface area contributed by atoms with Gasteiger partial charge in [0.25, 0.3) is 0 Å². The maximum atomic E-state index is 6.00. The Morgan fingerprint density at radius 3 is 2.35 bits per heavy atom. The number of ether oxygens (including phenoxy) is 2. The first-order chi connectivity index (χ1) is 9.49. The lowest BCUT2D eigenvalue weighted by molar-refractivity contribution is 0.273. The van der Waals surface area contributed by atoms with E-state index in [0.717, 1.165) is 25.2 Å². The summed E-state index contributed by atoms with van der Waals surface area (Å²) in [4.78, 5) is 2.32. The fraction of sp³-hybridized carbons (Fsp3) is 0.600. The van der Waals surface area contributed by atoms with E-state index in [0.29, 0.717) is 23.2 Å². The van der Waals surface area contributed by atoms with Gasteiger partial charge in [0.1, 0.15) is 0 Å². The minimum atomic E-state index is 0.571. The third kappa shape index (κ3) is 4.49. The van der Waals surface area contributed by atoms with Crippen molar-refractivity contribution in [2.75, 3.05) is 45.4 Å². The topological polar surface area (TPSA) is 59.8 Å². The first-order valence-corrected chi connectivity index (χ1v) is 6.95. The molecule has 0 bridgehead atoms. The van der Waals surface area contributed by atoms with Crippen molar-refractivity contribution in [2.45, 2.75) is 26.3 Å². The van der Waals surface area contributed by atoms with Crippen LogP contribution in [0.25, 0.3) is 0 Å². The Balaban J connectivity index is 2.56. The van der Waals surface area contributed by atoms with Gasteiger partial charge >= 0.3 is 0 Å². The molecule has 0 aliphatic rings. The molecule has 0 amide bonds. The highest BCUT2D eigenvalue weighted by atomic mass is 16.5. The third-order valence-electron chi connectivity index (χ3n) is 3.44. The summed E-state index contributed by atoms with van der Waals surface area (Å²) in [5.74, 6) is 1.33. The van der Waals surface area contributed by atoms with E-state index < -0.39 is 0 Å². The molecule has 1 aromatic rings. The van der Waals surface area contributed by atoms with E-state index in [1.165, 1.54) is 0 Å². The highest BCUT2D eigenvalue weighted by Crippen LogP contribution is 2.34. The van der Waals surface area contributed by atoms with Crippen LogP contribution < -0.4 is 20.5 Å². The second-order valence-corrected chi connectivity index (χ2v) is 5.15. The van der Waals surface area contributed by atoms with Crippen molar-refractivity contribution in [3.63, 3.8) is 0 Å². The lowest BCUT2D eigenvalue weighted by atomic mass is 10.2. The van der Waals surface area contributed by atoms with Crippen LogP contribution in [0.15, 0.2) is 12.1 Å². The Morgan fingerprint density at radius 1 is 1.20 bits per heavy atom. The van der Waals surface area contributed by atoms with Gasteiger partial charge in [-0.15, -0.1) is 0 Å². The molecule has 0 aromatic heterocycles. The molecule has 5 nitrogen and oxygen atoms in total. The lowest BCUT2D eigenvalue weighted by Crippen LogP contribution is -2.28. The van der Waals surface area contributed by atoms with E-state index in [1.54, 1.807) is 20.3 Å². The fourth-order valence-corrected chi connectivity index (χ4v) is 1.86. The molecule has 0 radical (unpaired) electrons. The van der Waals surface area contributed by atoms with E-state index in [9.17, 15) is 0 Å². The Morgan fingerprint density at radius 2 is 1.80 bits per heavy atom. The summed E-state index contributed by atoms with van der Waals surface area (Å²) in [6.07, 6.45) is 1.06. The van der Waals surface area contributed by atoms with Crippen molar-refractivity contribution >= 4 is 11.4 Å². The second kappa shape index (κ2) is 7.85. The van der Waals surface area contributed by atoms with Crippen molar-refractivity contribution in [2.24, 2.45) is 0 Å². The Hall–Kier alpha value is -1.62. The number of nitrogens with two attached hydrogens (primary N) is 1. The quantitative estimate of drug-likeness (QED) is 0.566. The van der Waals surface area contributed by atoms with E-state index >= 15 is 0 Å². The highest BCUT2D eigenvalue weighted by Gasteiger charge is 2.09. The molecule has 5 heteroatoms. The zero-order valence-electron chi connectivity index (χ0n) is 13.2. The minimum Gasteiger partial charge on any atom is -0.493 e. The van der Waals surface area contributed by atoms with Crippen molar-refractivity contribution < 1.29 is 9.47 Å². The van der Waals surface area contributed by atoms with Gasteiger partial charge in [0.2, 0.25) is 0 Å². The average Bonchev–Trinajstić information content (AvgIpc) is 2.43. The predicted molar refractivity (Wildman–Crippen MR) is 84.8 cm³/mol. The number of hydrogen-bond donors (Lipinski definition) is 2. The summed E-state index contributed by atoms with van der Waals surface area (Å²) < 4.78 is 10.5. The number of nitrogens with one attached hydrogen (secondary N) is 1. The fourth-order valence-electron chi connectivity index (χ4n) is 1.86. The molecule has 20 heavy (non-hydrogen) atoms. The standard InChI is InChI=1S/C15H27N3O2/c1-11(2)18(3)8-6-7-17-13-10-15(20-5)14(19-4)9-12(13)16/h9-11,17H,6-8,16H2,1-5H3. The maximum absolute atomic E-state index is 6.00. The Labute approximate surface area is 122 Å². The molecule has 1 aromatic carbocycles. The van der Waals surface area contributed by atoms with E-state index in [4.69, 9.17) is 15.2 Å². The first-order valence-electron chi connectivity index (χ1n) is 6.95. The van der Waals surface area contributed by atoms with E-state index in [1.807, 2.05) is 6.07 Å². The third-order valence-corrected chi connectivity index (χ3v) is 3.44. The van der Waals surface area contributed by atoms with Gasteiger partial charge in [-0.1, -0.05) is 0 Å². The molecule has 0 heterocycles. The molecule has 0 aliphatic carbocycles. The zero-order chi connectivity index (χ0) is 15.1. The first kappa shape index (κ1) is 16.4. The molecule has 0 aliphatic heterocycles. The lowest BCUT2D eigenvalue weighted by Gasteiger charge is -2.21. The monoisotopic (exact) mass is 281 g/mol. The molecular weight excluding hydrogens is 254 g/mol. The maximum Gasteiger partial charge on any atom is 0.162 e. The van der Waals surface area contributed by atoms with Crippen molar-refractivity contribution in [1.29, 1.82) is 0 Å². The number of nitrogen functional groups attached to an aromatic ring is 1. The predicted octanol–water partition coefficient (Wildman–Crippen LogP) is 2.43. The number of nitrogens with zero attached hydrogens (tertiary/aromatic N) is 1. The van der Waals surface area contributed by atoms with Gasteiger partial charge in [-0.05, 0) is 33.9 Å². The van der Waals surface area contributed by atoms with Crippen molar-refractivity contribution in [1.82, 2.24) is 4.90 Å². The molecule has 1 rings (SSSR count). The molecule has 0 saturated carbocycles. The minimum absolute atomic E-state index is 0.571. The van der Waals surface area contributed by atoms with Gasteiger partial charge in [0, 0.05) is 24.7 Å². The van der Waals surface area contributed by atoms with Gasteiger partial charge in [-0.2, -0.15) is 0 Å². The molecule has 3 N–H and O–H groups in total. The average molecular weight is 281 g/mol. The normalized spacial score (nSPS) is 10.9. The Kier molecular flexibility index (Phi) is 6.45. The van der Waals surface area contributed by atoms with Crippen molar-refractivity contribution in [3.8, 4) is 11.5 Å². The summed E-state index contributed by atoms with van der Waals surface area (Å²) in [7, 11) is 5.36. The van der Waals surface area contributed by atoms with Gasteiger partial charge in [-0.3, -0.25) is 0 Å². The van der Waals surface area contributed by atoms with Gasteiger partial charge in [0.05, 0.1) is 25.6 Å². The molecule has 114 valence electrons. The molecule has 0 saturated heterocycles. The molecule has 0 spiro atoms. The largest absolute Gasteiger partial charge is 0.493 e. The van der Waals surface area contributed by atoms with Crippen LogP contribution in [-0.4, -0.2) is 45.3 Å².